The van der Waals surface area contributed by atoms with Crippen molar-refractivity contribution < 1.29 is 54.4 Å². The van der Waals surface area contributed by atoms with Gasteiger partial charge in [-0.05, 0) is 7.11 Å². The molecule has 0 atom stereocenters. The Balaban J connectivity index is -0.00000000667. The SMILES string of the molecule is [CH2-]OC.[CH3-].[U+2].[V]. The molecule has 3 heteroatoms. The topological polar surface area (TPSA) is 9.23 Å². The maximum absolute atomic E-state index is 4.00. The van der Waals surface area contributed by atoms with Crippen molar-refractivity contribution >= 4 is 0 Å². The quantitative estimate of drug-likeness (QED) is 0.590. The molecule has 0 bridgehead atoms. The average molecular weight is 349 g/mol. The smallest absolute Gasteiger partial charge is 0.557 e. The van der Waals surface area contributed by atoms with Crippen LogP contribution in [0.3, 0.4) is 0 Å². The standard InChI is InChI=1S/C2H5O.CH3.U.V/c1-3-2;;;/h1H2,2H3;1H3;;/q2*-1;+2;. The Hall–Kier alpha value is 1.60. The number of rotatable bonds is 0. The van der Waals surface area contributed by atoms with Crippen molar-refractivity contribution in [3.63, 3.8) is 0 Å². The van der Waals surface area contributed by atoms with E-state index in [1.54, 1.807) is 0 Å². The molecule has 1 nitrogen and oxygen atoms in total. The predicted octanol–water partition coefficient (Wildman–Crippen LogP) is 0.872. The van der Waals surface area contributed by atoms with Gasteiger partial charge in [-0.15, -0.1) is 0 Å². The molecule has 0 saturated heterocycles. The maximum atomic E-state index is 4.00. The van der Waals surface area contributed by atoms with Crippen LogP contribution in [0.1, 0.15) is 0 Å². The summed E-state index contributed by atoms with van der Waals surface area (Å²) in [6, 6.07) is 0. The number of ether oxygens (including phenoxy) is 1. The molecule has 0 fully saturated rings. The molecular weight excluding hydrogens is 341 g/mol. The molecule has 0 amide bonds. The first kappa shape index (κ1) is 25.6. The van der Waals surface area contributed by atoms with Gasteiger partial charge in [0.05, 0.1) is 0 Å². The van der Waals surface area contributed by atoms with Gasteiger partial charge in [0, 0.05) is 18.6 Å². The van der Waals surface area contributed by atoms with Crippen LogP contribution < -0.4 is 0 Å². The molecule has 6 heavy (non-hydrogen) atoms. The van der Waals surface area contributed by atoms with Crippen molar-refractivity contribution in [3.8, 4) is 0 Å². The zero-order valence-electron chi connectivity index (χ0n) is 4.06. The molecule has 0 aromatic carbocycles. The third-order valence-corrected chi connectivity index (χ3v) is 0. The third-order valence-electron chi connectivity index (χ3n) is 0. The number of hydrogen-bond donors (Lipinski definition) is 0. The van der Waals surface area contributed by atoms with Gasteiger partial charge in [0.1, 0.15) is 0 Å². The number of methoxy groups -OCH3 is 1. The first-order chi connectivity index (χ1) is 1.41. The van der Waals surface area contributed by atoms with Crippen LogP contribution in [-0.2, 0) is 23.3 Å². The van der Waals surface area contributed by atoms with Gasteiger partial charge in [-0.25, -0.2) is 7.11 Å². The molecule has 0 spiro atoms. The Bertz CT molecular complexity index is 10.8. The van der Waals surface area contributed by atoms with E-state index in [-0.39, 0.29) is 57.1 Å². The fourth-order valence-electron chi connectivity index (χ4n) is 0. The van der Waals surface area contributed by atoms with Crippen molar-refractivity contribution in [2.45, 2.75) is 0 Å². The van der Waals surface area contributed by atoms with Crippen LogP contribution in [0, 0.1) is 45.6 Å². The largest absolute Gasteiger partial charge is 2.00 e. The van der Waals surface area contributed by atoms with Crippen LogP contribution in [0.5, 0.6) is 0 Å². The van der Waals surface area contributed by atoms with E-state index in [9.17, 15) is 0 Å². The minimum absolute atomic E-state index is 0. The average Bonchev–Trinajstić information content (AvgIpc) is 0.918. The summed E-state index contributed by atoms with van der Waals surface area (Å²) in [5, 5.41) is 0. The van der Waals surface area contributed by atoms with Gasteiger partial charge >= 0.3 is 31.1 Å². The Morgan fingerprint density at radius 2 is 1.50 bits per heavy atom. The Morgan fingerprint density at radius 3 is 1.50 bits per heavy atom. The van der Waals surface area contributed by atoms with E-state index in [2.05, 4.69) is 11.8 Å². The van der Waals surface area contributed by atoms with Gasteiger partial charge in [-0.1, -0.05) is 0 Å². The second-order valence-corrected chi connectivity index (χ2v) is 0.289. The Kier molecular flexibility index (Phi) is 131. The van der Waals surface area contributed by atoms with Crippen LogP contribution in [-0.4, -0.2) is 7.11 Å². The van der Waals surface area contributed by atoms with Crippen LogP contribution in [0.4, 0.5) is 0 Å². The van der Waals surface area contributed by atoms with Crippen molar-refractivity contribution in [2.75, 3.05) is 7.11 Å². The maximum Gasteiger partial charge on any atom is 2.00 e. The van der Waals surface area contributed by atoms with Gasteiger partial charge in [0.15, 0.2) is 0 Å². The van der Waals surface area contributed by atoms with Crippen LogP contribution >= 0.6 is 0 Å². The zero-order chi connectivity index (χ0) is 2.71. The van der Waals surface area contributed by atoms with E-state index >= 15 is 0 Å². The second kappa shape index (κ2) is 30.6. The molecule has 0 aliphatic heterocycles. The zero-order valence-corrected chi connectivity index (χ0v) is 9.62. The summed E-state index contributed by atoms with van der Waals surface area (Å²) in [5.74, 6) is 0. The summed E-state index contributed by atoms with van der Waals surface area (Å²) in [5.41, 5.74) is 0. The first-order valence-electron chi connectivity index (χ1n) is 0.697. The van der Waals surface area contributed by atoms with E-state index in [0.717, 1.165) is 0 Å². The van der Waals surface area contributed by atoms with Crippen molar-refractivity contribution in [1.82, 2.24) is 0 Å². The first-order valence-corrected chi connectivity index (χ1v) is 0.697. The summed E-state index contributed by atoms with van der Waals surface area (Å²) >= 11 is 0. The molecule has 0 aromatic heterocycles. The molecule has 0 aliphatic carbocycles. The summed E-state index contributed by atoms with van der Waals surface area (Å²) in [7, 11) is 4.50. The normalized spacial score (nSPS) is 3.00. The molecular formula is C3H8OUV. The molecule has 0 unspecified atom stereocenters. The molecule has 0 saturated carbocycles. The number of hydrogen-bond acceptors (Lipinski definition) is 1. The van der Waals surface area contributed by atoms with Crippen molar-refractivity contribution in [2.24, 2.45) is 0 Å². The van der Waals surface area contributed by atoms with Crippen molar-refractivity contribution in [1.29, 1.82) is 0 Å². The fraction of sp³-hybridized carbons (Fsp3) is 0.333. The fourth-order valence-corrected chi connectivity index (χ4v) is 0. The van der Waals surface area contributed by atoms with Crippen molar-refractivity contribution in [3.05, 3.63) is 14.5 Å². The molecule has 0 aliphatic rings. The van der Waals surface area contributed by atoms with Gasteiger partial charge in [-0.3, -0.25) is 0 Å². The minimum atomic E-state index is 0. The summed E-state index contributed by atoms with van der Waals surface area (Å²) in [6.45, 7) is 0. The van der Waals surface area contributed by atoms with Gasteiger partial charge in [-0.2, -0.15) is 0 Å². The summed E-state index contributed by atoms with van der Waals surface area (Å²) in [4.78, 5) is 0. The van der Waals surface area contributed by atoms with E-state index in [1.807, 2.05) is 0 Å². The Labute approximate surface area is 75.5 Å². The van der Waals surface area contributed by atoms with E-state index < -0.39 is 0 Å². The monoisotopic (exact) mass is 349 g/mol. The van der Waals surface area contributed by atoms with Crippen LogP contribution in [0.25, 0.3) is 0 Å². The van der Waals surface area contributed by atoms with Crippen LogP contribution in [0.15, 0.2) is 0 Å². The predicted molar refractivity (Wildman–Crippen MR) is 18.8 cm³/mol. The second-order valence-electron chi connectivity index (χ2n) is 0.289. The molecule has 0 aromatic rings. The molecule has 35 valence electrons. The molecule has 0 heterocycles. The molecule has 0 N–H and O–H groups in total. The Morgan fingerprint density at radius 1 is 1.50 bits per heavy atom. The van der Waals surface area contributed by atoms with E-state index in [4.69, 9.17) is 0 Å². The van der Waals surface area contributed by atoms with Gasteiger partial charge in [0.2, 0.25) is 0 Å². The van der Waals surface area contributed by atoms with E-state index in [1.165, 1.54) is 7.11 Å². The van der Waals surface area contributed by atoms with Gasteiger partial charge < -0.3 is 12.2 Å². The van der Waals surface area contributed by atoms with E-state index in [0.29, 0.717) is 0 Å². The summed E-state index contributed by atoms with van der Waals surface area (Å²) in [6.07, 6.45) is 0. The van der Waals surface area contributed by atoms with Gasteiger partial charge in [0.25, 0.3) is 0 Å². The third kappa shape index (κ3) is 46.4. The molecule has 0 rings (SSSR count). The van der Waals surface area contributed by atoms with Crippen LogP contribution in [0.2, 0.25) is 0 Å². The minimum Gasteiger partial charge on any atom is -0.557 e. The molecule has 1 radical (unpaired) electrons. The summed E-state index contributed by atoms with van der Waals surface area (Å²) < 4.78 is 4.00.